The number of piperazine rings is 1. The third kappa shape index (κ3) is 4.84. The number of hydrazone groups is 1. The van der Waals surface area contributed by atoms with Crippen LogP contribution in [0.4, 0.5) is 0 Å². The van der Waals surface area contributed by atoms with Crippen LogP contribution in [-0.2, 0) is 10.0 Å². The number of amidine groups is 1. The molecular weight excluding hydrogens is 444 g/mol. The van der Waals surface area contributed by atoms with Crippen LogP contribution >= 0.6 is 15.9 Å². The van der Waals surface area contributed by atoms with Crippen LogP contribution in [0.1, 0.15) is 5.56 Å². The number of benzene rings is 2. The van der Waals surface area contributed by atoms with Crippen LogP contribution in [0.2, 0.25) is 0 Å². The third-order valence-electron chi connectivity index (χ3n) is 4.54. The number of nitrogens with zero attached hydrogens (tertiary/aromatic N) is 3. The van der Waals surface area contributed by atoms with Crippen LogP contribution in [0.5, 0.6) is 5.75 Å². The van der Waals surface area contributed by atoms with Crippen molar-refractivity contribution in [2.24, 2.45) is 5.10 Å². The average Bonchev–Trinajstić information content (AvgIpc) is 2.71. The van der Waals surface area contributed by atoms with E-state index in [-0.39, 0.29) is 4.90 Å². The molecule has 0 saturated carbocycles. The summed E-state index contributed by atoms with van der Waals surface area (Å²) in [5.41, 5.74) is 0.764. The van der Waals surface area contributed by atoms with Gasteiger partial charge < -0.3 is 14.5 Å². The van der Waals surface area contributed by atoms with E-state index in [2.05, 4.69) is 42.7 Å². The lowest BCUT2D eigenvalue weighted by atomic mass is 10.1. The van der Waals surface area contributed by atoms with Crippen molar-refractivity contribution in [2.45, 2.75) is 4.90 Å². The summed E-state index contributed by atoms with van der Waals surface area (Å²) >= 11 is 3.55. The fourth-order valence-corrected chi connectivity index (χ4v) is 4.13. The first-order valence-electron chi connectivity index (χ1n) is 8.82. The van der Waals surface area contributed by atoms with Gasteiger partial charge in [-0.15, -0.1) is 5.10 Å². The number of rotatable bonds is 5. The van der Waals surface area contributed by atoms with Crippen LogP contribution in [0.25, 0.3) is 0 Å². The minimum atomic E-state index is -3.76. The highest BCUT2D eigenvalue weighted by Crippen LogP contribution is 2.25. The molecule has 28 heavy (non-hydrogen) atoms. The summed E-state index contributed by atoms with van der Waals surface area (Å²) < 4.78 is 31.4. The van der Waals surface area contributed by atoms with E-state index in [1.807, 2.05) is 18.2 Å². The van der Waals surface area contributed by atoms with E-state index in [0.717, 1.165) is 36.2 Å². The maximum absolute atomic E-state index is 12.6. The molecule has 2 aromatic rings. The first-order valence-corrected chi connectivity index (χ1v) is 11.1. The number of hydrogen-bond donors (Lipinski definition) is 1. The van der Waals surface area contributed by atoms with Gasteiger partial charge in [0, 0.05) is 36.2 Å². The van der Waals surface area contributed by atoms with E-state index in [9.17, 15) is 8.42 Å². The monoisotopic (exact) mass is 466 g/mol. The van der Waals surface area contributed by atoms with E-state index < -0.39 is 10.0 Å². The Balaban J connectivity index is 1.98. The largest absolute Gasteiger partial charge is 0.497 e. The molecular formula is C19H23BrN4O3S. The number of nitrogens with one attached hydrogen (secondary N) is 1. The summed E-state index contributed by atoms with van der Waals surface area (Å²) in [5.74, 6) is 1.23. The molecule has 0 atom stereocenters. The van der Waals surface area contributed by atoms with Crippen molar-refractivity contribution in [2.75, 3.05) is 40.3 Å². The Morgan fingerprint density at radius 1 is 1.11 bits per heavy atom. The SMILES string of the molecule is COc1ccc(Br)c(/C(=N\NS(=O)(=O)c2ccccc2)N2CCN(C)CC2)c1. The van der Waals surface area contributed by atoms with Gasteiger partial charge in [-0.3, -0.25) is 0 Å². The summed E-state index contributed by atoms with van der Waals surface area (Å²) in [4.78, 5) is 6.86. The Hall–Kier alpha value is -2.10. The molecule has 0 aromatic heterocycles. The predicted octanol–water partition coefficient (Wildman–Crippen LogP) is 2.35. The molecule has 1 fully saturated rings. The molecule has 1 N–H and O–H groups in total. The minimum absolute atomic E-state index is 0.168. The molecule has 1 aliphatic heterocycles. The van der Waals surface area contributed by atoms with Gasteiger partial charge in [0.25, 0.3) is 10.0 Å². The Kier molecular flexibility index (Phi) is 6.58. The number of ether oxygens (including phenoxy) is 1. The smallest absolute Gasteiger partial charge is 0.276 e. The average molecular weight is 467 g/mol. The number of methoxy groups -OCH3 is 1. The molecule has 0 aliphatic carbocycles. The van der Waals surface area contributed by atoms with Gasteiger partial charge in [-0.05, 0) is 37.4 Å². The summed E-state index contributed by atoms with van der Waals surface area (Å²) in [5, 5.41) is 4.33. The summed E-state index contributed by atoms with van der Waals surface area (Å²) in [7, 11) is -0.104. The molecule has 3 rings (SSSR count). The second kappa shape index (κ2) is 8.93. The van der Waals surface area contributed by atoms with Gasteiger partial charge in [0.15, 0.2) is 5.84 Å². The maximum atomic E-state index is 12.6. The van der Waals surface area contributed by atoms with Gasteiger partial charge in [0.05, 0.1) is 12.0 Å². The lowest BCUT2D eigenvalue weighted by Crippen LogP contribution is -2.48. The Morgan fingerprint density at radius 2 is 1.79 bits per heavy atom. The van der Waals surface area contributed by atoms with Crippen LogP contribution in [0, 0.1) is 0 Å². The van der Waals surface area contributed by atoms with E-state index in [1.165, 1.54) is 12.1 Å². The predicted molar refractivity (Wildman–Crippen MR) is 113 cm³/mol. The number of likely N-dealkylation sites (N-methyl/N-ethyl adjacent to an activating group) is 1. The van der Waals surface area contributed by atoms with Gasteiger partial charge in [0.1, 0.15) is 5.75 Å². The fraction of sp³-hybridized carbons (Fsp3) is 0.316. The van der Waals surface area contributed by atoms with Crippen molar-refractivity contribution < 1.29 is 13.2 Å². The lowest BCUT2D eigenvalue weighted by Gasteiger charge is -2.34. The second-order valence-electron chi connectivity index (χ2n) is 6.48. The third-order valence-corrected chi connectivity index (χ3v) is 6.46. The highest BCUT2D eigenvalue weighted by molar-refractivity contribution is 9.10. The van der Waals surface area contributed by atoms with E-state index in [4.69, 9.17) is 4.74 Å². The van der Waals surface area contributed by atoms with E-state index in [1.54, 1.807) is 25.3 Å². The topological polar surface area (TPSA) is 74.2 Å². The van der Waals surface area contributed by atoms with Gasteiger partial charge in [-0.25, -0.2) is 0 Å². The van der Waals surface area contributed by atoms with Crippen molar-refractivity contribution in [3.05, 3.63) is 58.6 Å². The molecule has 1 aliphatic rings. The van der Waals surface area contributed by atoms with Gasteiger partial charge in [-0.1, -0.05) is 34.1 Å². The molecule has 0 unspecified atom stereocenters. The summed E-state index contributed by atoms with van der Waals surface area (Å²) in [6.45, 7) is 3.22. The van der Waals surface area contributed by atoms with Crippen molar-refractivity contribution >= 4 is 31.8 Å². The molecule has 9 heteroatoms. The van der Waals surface area contributed by atoms with Crippen molar-refractivity contribution in [3.8, 4) is 5.75 Å². The molecule has 0 bridgehead atoms. The number of sulfonamides is 1. The first-order chi connectivity index (χ1) is 13.4. The minimum Gasteiger partial charge on any atom is -0.497 e. The van der Waals surface area contributed by atoms with Crippen molar-refractivity contribution in [3.63, 3.8) is 0 Å². The Morgan fingerprint density at radius 3 is 2.43 bits per heavy atom. The van der Waals surface area contributed by atoms with Gasteiger partial charge in [0.2, 0.25) is 0 Å². The molecule has 150 valence electrons. The molecule has 2 aromatic carbocycles. The molecule has 0 spiro atoms. The first kappa shape index (κ1) is 20.6. The number of halogens is 1. The standard InChI is InChI=1S/C19H23BrN4O3S/c1-23-10-12-24(13-11-23)19(17-14-15(27-2)8-9-18(17)20)21-22-28(25,26)16-6-4-3-5-7-16/h3-9,14,22H,10-13H2,1-2H3/b21-19+. The summed E-state index contributed by atoms with van der Waals surface area (Å²) in [6.07, 6.45) is 0. The Bertz CT molecular complexity index is 943. The molecule has 0 amide bonds. The molecule has 1 saturated heterocycles. The Labute approximate surface area is 174 Å². The molecule has 0 radical (unpaired) electrons. The van der Waals surface area contributed by atoms with Crippen LogP contribution in [0.15, 0.2) is 63.0 Å². The normalized spacial score (nSPS) is 16.1. The van der Waals surface area contributed by atoms with Crippen LogP contribution in [0.3, 0.4) is 0 Å². The lowest BCUT2D eigenvalue weighted by molar-refractivity contribution is 0.215. The van der Waals surface area contributed by atoms with Crippen LogP contribution < -0.4 is 9.57 Å². The van der Waals surface area contributed by atoms with Gasteiger partial charge >= 0.3 is 0 Å². The zero-order valence-electron chi connectivity index (χ0n) is 15.8. The highest BCUT2D eigenvalue weighted by Gasteiger charge is 2.22. The zero-order valence-corrected chi connectivity index (χ0v) is 18.2. The van der Waals surface area contributed by atoms with Crippen molar-refractivity contribution in [1.29, 1.82) is 0 Å². The quantitative estimate of drug-likeness (QED) is 0.415. The summed E-state index contributed by atoms with van der Waals surface area (Å²) in [6, 6.07) is 13.7. The van der Waals surface area contributed by atoms with Crippen molar-refractivity contribution in [1.82, 2.24) is 14.6 Å². The highest BCUT2D eigenvalue weighted by atomic mass is 79.9. The zero-order chi connectivity index (χ0) is 20.1. The maximum Gasteiger partial charge on any atom is 0.276 e. The number of hydrogen-bond acceptors (Lipinski definition) is 5. The van der Waals surface area contributed by atoms with Gasteiger partial charge in [-0.2, -0.15) is 13.2 Å². The fourth-order valence-electron chi connectivity index (χ4n) is 2.88. The molecule has 1 heterocycles. The van der Waals surface area contributed by atoms with E-state index in [0.29, 0.717) is 11.6 Å². The van der Waals surface area contributed by atoms with E-state index >= 15 is 0 Å². The second-order valence-corrected chi connectivity index (χ2v) is 8.99. The molecule has 7 nitrogen and oxygen atoms in total. The van der Waals surface area contributed by atoms with Crippen LogP contribution in [-0.4, -0.2) is 64.4 Å².